The number of phenolic OH excluding ortho intramolecular Hbond substituents is 1. The van der Waals surface area contributed by atoms with Crippen molar-refractivity contribution in [3.63, 3.8) is 0 Å². The first-order valence-corrected chi connectivity index (χ1v) is 3.25. The second-order valence-corrected chi connectivity index (χ2v) is 2.31. The third-order valence-corrected chi connectivity index (χ3v) is 1.45. The first-order chi connectivity index (χ1) is 6.06. The van der Waals surface area contributed by atoms with E-state index in [-0.39, 0.29) is 5.56 Å². The van der Waals surface area contributed by atoms with Gasteiger partial charge in [-0.05, 0) is 6.07 Å². The molecule has 0 unspecified atom stereocenters. The molecule has 1 rings (SSSR count). The molecule has 0 spiro atoms. The van der Waals surface area contributed by atoms with E-state index in [2.05, 4.69) is 0 Å². The summed E-state index contributed by atoms with van der Waals surface area (Å²) in [7, 11) is 0. The number of aromatic carboxylic acids is 1. The Morgan fingerprint density at radius 2 is 2.00 bits per heavy atom. The van der Waals surface area contributed by atoms with E-state index in [1.54, 1.807) is 6.07 Å². The van der Waals surface area contributed by atoms with E-state index in [0.717, 1.165) is 12.1 Å². The van der Waals surface area contributed by atoms with Crippen molar-refractivity contribution >= 4 is 5.97 Å². The molecule has 3 N–H and O–H groups in total. The zero-order valence-electron chi connectivity index (χ0n) is 6.35. The summed E-state index contributed by atoms with van der Waals surface area (Å²) in [5.41, 5.74) is -0.510. The molecule has 66 valence electrons. The zero-order chi connectivity index (χ0) is 10.0. The van der Waals surface area contributed by atoms with Gasteiger partial charge in [-0.2, -0.15) is 5.26 Å². The lowest BCUT2D eigenvalue weighted by molar-refractivity contribution is 0.0693. The highest BCUT2D eigenvalue weighted by atomic mass is 16.4. The minimum Gasteiger partial charge on any atom is -0.504 e. The minimum atomic E-state index is -1.40. The van der Waals surface area contributed by atoms with Gasteiger partial charge in [-0.25, -0.2) is 4.79 Å². The number of carboxylic acids is 1. The summed E-state index contributed by atoms with van der Waals surface area (Å²) in [5, 5.41) is 35.0. The number of carboxylic acid groups (broad SMARTS) is 1. The van der Waals surface area contributed by atoms with E-state index in [4.69, 9.17) is 20.6 Å². The van der Waals surface area contributed by atoms with E-state index in [0.29, 0.717) is 0 Å². The number of phenols is 2. The molecule has 0 heterocycles. The largest absolute Gasteiger partial charge is 0.504 e. The number of hydrogen-bond donors (Lipinski definition) is 3. The number of rotatable bonds is 1. The fourth-order valence-corrected chi connectivity index (χ4v) is 0.847. The lowest BCUT2D eigenvalue weighted by atomic mass is 10.1. The Morgan fingerprint density at radius 1 is 1.38 bits per heavy atom. The van der Waals surface area contributed by atoms with Crippen LogP contribution in [0.1, 0.15) is 15.9 Å². The van der Waals surface area contributed by atoms with E-state index >= 15 is 0 Å². The first-order valence-electron chi connectivity index (χ1n) is 3.25. The lowest BCUT2D eigenvalue weighted by Gasteiger charge is -2.01. The van der Waals surface area contributed by atoms with Crippen molar-refractivity contribution in [2.45, 2.75) is 0 Å². The highest BCUT2D eigenvalue weighted by Crippen LogP contribution is 2.29. The van der Waals surface area contributed by atoms with Gasteiger partial charge in [0.05, 0.1) is 11.6 Å². The maximum atomic E-state index is 10.5. The van der Waals surface area contributed by atoms with Crippen LogP contribution >= 0.6 is 0 Å². The standard InChI is InChI=1S/C8H5NO4/c9-3-4-1-5(8(12)13)7(11)6(10)2-4/h1-2,10-11H,(H,12,13). The van der Waals surface area contributed by atoms with Crippen LogP contribution in [-0.4, -0.2) is 21.3 Å². The van der Waals surface area contributed by atoms with Gasteiger partial charge in [0.1, 0.15) is 5.56 Å². The Hall–Kier alpha value is -2.22. The first kappa shape index (κ1) is 8.87. The lowest BCUT2D eigenvalue weighted by Crippen LogP contribution is -1.97. The summed E-state index contributed by atoms with van der Waals surface area (Å²) in [6.45, 7) is 0. The van der Waals surface area contributed by atoms with E-state index in [1.165, 1.54) is 0 Å². The summed E-state index contributed by atoms with van der Waals surface area (Å²) >= 11 is 0. The van der Waals surface area contributed by atoms with Crippen LogP contribution in [0.5, 0.6) is 11.5 Å². The van der Waals surface area contributed by atoms with Crippen molar-refractivity contribution in [1.29, 1.82) is 5.26 Å². The number of benzene rings is 1. The van der Waals surface area contributed by atoms with Crippen LogP contribution in [0.3, 0.4) is 0 Å². The van der Waals surface area contributed by atoms with Gasteiger partial charge in [-0.1, -0.05) is 0 Å². The van der Waals surface area contributed by atoms with Crippen molar-refractivity contribution in [3.05, 3.63) is 23.3 Å². The number of aromatic hydroxyl groups is 2. The van der Waals surface area contributed by atoms with Crippen LogP contribution in [0, 0.1) is 11.3 Å². The normalized spacial score (nSPS) is 9.15. The van der Waals surface area contributed by atoms with Gasteiger partial charge in [-0.15, -0.1) is 0 Å². The molecule has 5 nitrogen and oxygen atoms in total. The molecule has 0 saturated heterocycles. The Labute approximate surface area is 73.1 Å². The molecule has 13 heavy (non-hydrogen) atoms. The average molecular weight is 179 g/mol. The maximum Gasteiger partial charge on any atom is 0.339 e. The molecular formula is C8H5NO4. The van der Waals surface area contributed by atoms with Crippen LogP contribution in [0.2, 0.25) is 0 Å². The third-order valence-electron chi connectivity index (χ3n) is 1.45. The monoisotopic (exact) mass is 179 g/mol. The van der Waals surface area contributed by atoms with Crippen molar-refractivity contribution in [1.82, 2.24) is 0 Å². The van der Waals surface area contributed by atoms with Gasteiger partial charge in [0, 0.05) is 6.07 Å². The van der Waals surface area contributed by atoms with Crippen molar-refractivity contribution < 1.29 is 20.1 Å². The summed E-state index contributed by atoms with van der Waals surface area (Å²) in [5.74, 6) is -2.74. The van der Waals surface area contributed by atoms with Crippen LogP contribution in [-0.2, 0) is 0 Å². The molecule has 0 aromatic heterocycles. The molecule has 0 amide bonds. The van der Waals surface area contributed by atoms with Gasteiger partial charge < -0.3 is 15.3 Å². The molecule has 0 saturated carbocycles. The second kappa shape index (κ2) is 3.03. The highest BCUT2D eigenvalue weighted by Gasteiger charge is 2.14. The number of nitrogens with zero attached hydrogens (tertiary/aromatic N) is 1. The molecule has 0 fully saturated rings. The topological polar surface area (TPSA) is 102 Å². The fourth-order valence-electron chi connectivity index (χ4n) is 0.847. The maximum absolute atomic E-state index is 10.5. The van der Waals surface area contributed by atoms with Crippen LogP contribution in [0.25, 0.3) is 0 Å². The predicted molar refractivity (Wildman–Crippen MR) is 41.4 cm³/mol. The second-order valence-electron chi connectivity index (χ2n) is 2.31. The molecule has 5 heteroatoms. The van der Waals surface area contributed by atoms with Gasteiger partial charge >= 0.3 is 5.97 Å². The predicted octanol–water partition coefficient (Wildman–Crippen LogP) is 0.668. The fraction of sp³-hybridized carbons (Fsp3) is 0. The number of hydrogen-bond acceptors (Lipinski definition) is 4. The molecule has 0 bridgehead atoms. The van der Waals surface area contributed by atoms with Gasteiger partial charge in [-0.3, -0.25) is 0 Å². The van der Waals surface area contributed by atoms with E-state index in [1.807, 2.05) is 0 Å². The van der Waals surface area contributed by atoms with Crippen molar-refractivity contribution in [3.8, 4) is 17.6 Å². The Balaban J connectivity index is 3.44. The highest BCUT2D eigenvalue weighted by molar-refractivity contribution is 5.92. The molecule has 0 aliphatic carbocycles. The Bertz CT molecular complexity index is 405. The molecule has 1 aromatic carbocycles. The molecule has 0 aliphatic rings. The summed E-state index contributed by atoms with van der Waals surface area (Å²) < 4.78 is 0. The number of carbonyl (C=O) groups is 1. The average Bonchev–Trinajstić information content (AvgIpc) is 2.09. The quantitative estimate of drug-likeness (QED) is 0.550. The van der Waals surface area contributed by atoms with Crippen molar-refractivity contribution in [2.75, 3.05) is 0 Å². The van der Waals surface area contributed by atoms with Crippen molar-refractivity contribution in [2.24, 2.45) is 0 Å². The molecule has 1 aromatic rings. The van der Waals surface area contributed by atoms with Gasteiger partial charge in [0.25, 0.3) is 0 Å². The summed E-state index contributed by atoms with van der Waals surface area (Å²) in [6.07, 6.45) is 0. The van der Waals surface area contributed by atoms with Crippen LogP contribution < -0.4 is 0 Å². The minimum absolute atomic E-state index is 0.0206. The Morgan fingerprint density at radius 3 is 2.46 bits per heavy atom. The smallest absolute Gasteiger partial charge is 0.339 e. The summed E-state index contributed by atoms with van der Waals surface area (Å²) in [6, 6.07) is 3.63. The Kier molecular flexibility index (Phi) is 2.07. The van der Waals surface area contributed by atoms with E-state index < -0.39 is 23.0 Å². The molecule has 0 radical (unpaired) electrons. The number of nitriles is 1. The van der Waals surface area contributed by atoms with Crippen LogP contribution in [0.4, 0.5) is 0 Å². The third kappa shape index (κ3) is 1.51. The van der Waals surface area contributed by atoms with Gasteiger partial charge in [0.2, 0.25) is 0 Å². The molecular weight excluding hydrogens is 174 g/mol. The zero-order valence-corrected chi connectivity index (χ0v) is 6.35. The molecule has 0 aliphatic heterocycles. The van der Waals surface area contributed by atoms with Gasteiger partial charge in [0.15, 0.2) is 11.5 Å². The molecule has 0 atom stereocenters. The summed E-state index contributed by atoms with van der Waals surface area (Å²) in [4.78, 5) is 10.5. The van der Waals surface area contributed by atoms with Crippen LogP contribution in [0.15, 0.2) is 12.1 Å². The SMILES string of the molecule is N#Cc1cc(O)c(O)c(C(=O)O)c1. The van der Waals surface area contributed by atoms with E-state index in [9.17, 15) is 4.79 Å².